The number of unbranched alkanes of at least 4 members (excludes halogenated alkanes) is 2. The third-order valence-corrected chi connectivity index (χ3v) is 78.1. The highest BCUT2D eigenvalue weighted by atomic mass is 28.5. The van der Waals surface area contributed by atoms with Gasteiger partial charge in [0.2, 0.25) is 0 Å². The van der Waals surface area contributed by atoms with Crippen LogP contribution in [-0.2, 0) is 110 Å². The van der Waals surface area contributed by atoms with Gasteiger partial charge in [-0.3, -0.25) is 0 Å². The number of aliphatic hydroxyl groups excluding tert-OH is 8. The van der Waals surface area contributed by atoms with Crippen molar-refractivity contribution in [3.63, 3.8) is 0 Å². The first-order valence-corrected chi connectivity index (χ1v) is 106. The maximum absolute atomic E-state index is 8.83. The quantitative estimate of drug-likeness (QED) is 0.0207. The molecular formula is C84H230O33Si21. The van der Waals surface area contributed by atoms with Crippen molar-refractivity contribution >= 4 is 187 Å². The van der Waals surface area contributed by atoms with Crippen molar-refractivity contribution in [2.45, 2.75) is 349 Å². The largest absolute Gasteiger partial charge is 0.442 e. The molecule has 138 heavy (non-hydrogen) atoms. The van der Waals surface area contributed by atoms with Gasteiger partial charge in [-0.05, 0) is 258 Å². The number of hydrogen-bond acceptors (Lipinski definition) is 33. The Morgan fingerprint density at radius 1 is 0.239 bits per heavy atom. The van der Waals surface area contributed by atoms with E-state index >= 15 is 0 Å². The molecule has 0 amide bonds. The summed E-state index contributed by atoms with van der Waals surface area (Å²) in [6.45, 7) is 86.0. The van der Waals surface area contributed by atoms with Crippen LogP contribution in [0.5, 0.6) is 0 Å². The Kier molecular flexibility index (Phi) is 122. The molecule has 33 nitrogen and oxygen atoms in total. The zero-order valence-electron chi connectivity index (χ0n) is 95.3. The molecule has 0 aromatic rings. The van der Waals surface area contributed by atoms with Crippen LogP contribution in [0.2, 0.25) is 264 Å². The zero-order valence-corrected chi connectivity index (χ0v) is 119. The van der Waals surface area contributed by atoms with Gasteiger partial charge in [-0.1, -0.05) is 73.4 Å². The molecule has 0 saturated heterocycles. The van der Waals surface area contributed by atoms with Crippen LogP contribution in [-0.4, -0.2) is 428 Å². The zero-order chi connectivity index (χ0) is 107. The molecule has 0 aliphatic carbocycles. The molecule has 0 spiro atoms. The van der Waals surface area contributed by atoms with E-state index in [1.165, 1.54) is 0 Å². The molecule has 0 aliphatic heterocycles. The lowest BCUT2D eigenvalue weighted by Crippen LogP contribution is -2.55. The maximum Gasteiger partial charge on any atom is 0.317 e. The normalized spacial score (nSPS) is 14.2. The first-order chi connectivity index (χ1) is 64.0. The molecule has 0 aromatic carbocycles. The number of rotatable bonds is 83. The van der Waals surface area contributed by atoms with Crippen LogP contribution in [0.4, 0.5) is 0 Å². The van der Waals surface area contributed by atoms with Crippen molar-refractivity contribution in [3.05, 3.63) is 0 Å². The van der Waals surface area contributed by atoms with Crippen molar-refractivity contribution in [2.24, 2.45) is 0 Å². The van der Waals surface area contributed by atoms with E-state index in [1.807, 2.05) is 0 Å². The minimum absolute atomic E-state index is 0. The standard InChI is InChI=1S/2C20H52O8Si5.C15H38O6Si3.C10H32O4Si5.2C6H14O2.3C2H8OSi.CH4/c2*1-29-26-33(8,20-17-25-30(2,3)18-9-13-23-15-11-21)28-32(6,7)27-31(4,5)19-10-14-24-16-12-22;1-22(14-6-10-18-12-8-16)20-24(4,5)21-23(2,3)15-7-11-19-13-9-17;1-15-12-19(8,10-9-11-16(2)3)14-18(6,7)13-17(4)5;2*1-2-3-5-8-6-4-7;3*1-3-4-2;/h2*21-22H,9-20,29H2,1-8H3;16-17,22H,6-15H2,1-5H3;16-17H,9-10,15H2,1-8H3;2*7H,2-6H2,1H3;3*4H2,1-2H3;1H4/t2*33-;;19-;;;;;;/m11.1....../s1. The van der Waals surface area contributed by atoms with Crippen molar-refractivity contribution in [2.75, 3.05) is 200 Å². The minimum atomic E-state index is -2.37. The molecule has 0 aliphatic rings. The van der Waals surface area contributed by atoms with Crippen LogP contribution in [0, 0.1) is 0 Å². The second-order valence-corrected chi connectivity index (χ2v) is 101. The third-order valence-electron chi connectivity index (χ3n) is 18.7. The summed E-state index contributed by atoms with van der Waals surface area (Å²) in [5, 5.41) is 69.1. The summed E-state index contributed by atoms with van der Waals surface area (Å²) in [6, 6.07) is 8.77. The van der Waals surface area contributed by atoms with Gasteiger partial charge in [0, 0.05) is 112 Å². The fourth-order valence-electron chi connectivity index (χ4n) is 13.2. The molecular weight excluding hydrogens is 2130 g/mol. The summed E-state index contributed by atoms with van der Waals surface area (Å²) in [6.07, 6.45) is 10.3. The minimum Gasteiger partial charge on any atom is -0.442 e. The van der Waals surface area contributed by atoms with E-state index in [2.05, 4.69) is 237 Å². The van der Waals surface area contributed by atoms with Gasteiger partial charge in [0.25, 0.3) is 0 Å². The molecule has 54 heteroatoms. The maximum atomic E-state index is 8.83. The molecule has 0 bridgehead atoms. The fraction of sp³-hybridized carbons (Fsp3) is 1.00. The molecule has 4 atom stereocenters. The van der Waals surface area contributed by atoms with Crippen LogP contribution in [0.15, 0.2) is 0 Å². The average molecular weight is 2360 g/mol. The molecule has 0 radical (unpaired) electrons. The first kappa shape index (κ1) is 161. The molecule has 0 fully saturated rings. The molecule has 8 N–H and O–H groups in total. The Hall–Kier alpha value is 3.23. The molecule has 0 aromatic heterocycles. The van der Waals surface area contributed by atoms with Gasteiger partial charge in [-0.25, -0.2) is 0 Å². The van der Waals surface area contributed by atoms with Crippen molar-refractivity contribution in [1.29, 1.82) is 0 Å². The van der Waals surface area contributed by atoms with E-state index in [-0.39, 0.29) is 89.6 Å². The van der Waals surface area contributed by atoms with E-state index in [9.17, 15) is 0 Å². The lowest BCUT2D eigenvalue weighted by atomic mass is 10.4. The molecule has 848 valence electrons. The Balaban J connectivity index is -0.000000182. The first-order valence-electron chi connectivity index (χ1n) is 51.3. The van der Waals surface area contributed by atoms with Crippen molar-refractivity contribution in [1.82, 2.24) is 0 Å². The van der Waals surface area contributed by atoms with Gasteiger partial charge < -0.3 is 151 Å². The molecule has 0 heterocycles. The highest BCUT2D eigenvalue weighted by molar-refractivity contribution is 6.89. The highest BCUT2D eigenvalue weighted by Crippen LogP contribution is 2.31. The molecule has 0 saturated carbocycles. The average Bonchev–Trinajstić information content (AvgIpc) is 0.828. The second-order valence-electron chi connectivity index (χ2n) is 38.5. The fourth-order valence-corrected chi connectivity index (χ4v) is 76.7. The van der Waals surface area contributed by atoms with Crippen LogP contribution < -0.4 is 0 Å². The van der Waals surface area contributed by atoms with E-state index in [0.717, 1.165) is 138 Å². The summed E-state index contributed by atoms with van der Waals surface area (Å²) in [5.41, 5.74) is 0. The lowest BCUT2D eigenvalue weighted by molar-refractivity contribution is 0.0904. The summed E-state index contributed by atoms with van der Waals surface area (Å²) >= 11 is 0. The van der Waals surface area contributed by atoms with E-state index in [0.29, 0.717) is 106 Å². The number of hydrogen-bond donors (Lipinski definition) is 8. The Morgan fingerprint density at radius 3 is 0.681 bits per heavy atom. The monoisotopic (exact) mass is 2360 g/mol. The second kappa shape index (κ2) is 105. The molecule has 1 unspecified atom stereocenters. The van der Waals surface area contributed by atoms with Crippen LogP contribution in [0.25, 0.3) is 0 Å². The van der Waals surface area contributed by atoms with E-state index < -0.39 is 158 Å². The van der Waals surface area contributed by atoms with E-state index in [4.69, 9.17) is 137 Å². The third kappa shape index (κ3) is 128. The summed E-state index contributed by atoms with van der Waals surface area (Å²) in [7, 11) is -24.7. The van der Waals surface area contributed by atoms with Crippen LogP contribution >= 0.6 is 0 Å². The van der Waals surface area contributed by atoms with E-state index in [1.54, 1.807) is 21.3 Å². The Morgan fingerprint density at radius 2 is 0.457 bits per heavy atom. The van der Waals surface area contributed by atoms with Gasteiger partial charge in [0.15, 0.2) is 98.0 Å². The predicted octanol–water partition coefficient (Wildman–Crippen LogP) is 11.9. The van der Waals surface area contributed by atoms with Gasteiger partial charge in [0.1, 0.15) is 29.3 Å². The van der Waals surface area contributed by atoms with Gasteiger partial charge in [-0.15, -0.1) is 0 Å². The number of ether oxygens (including phenoxy) is 8. The molecule has 0 rings (SSSR count). The van der Waals surface area contributed by atoms with Crippen LogP contribution in [0.1, 0.15) is 85.5 Å². The summed E-state index contributed by atoms with van der Waals surface area (Å²) < 4.78 is 145. The predicted molar refractivity (Wildman–Crippen MR) is 631 cm³/mol. The van der Waals surface area contributed by atoms with Gasteiger partial charge >= 0.3 is 59.9 Å². The van der Waals surface area contributed by atoms with Gasteiger partial charge in [-0.2, -0.15) is 0 Å². The highest BCUT2D eigenvalue weighted by Gasteiger charge is 2.46. The van der Waals surface area contributed by atoms with Crippen molar-refractivity contribution in [3.8, 4) is 0 Å². The Labute approximate surface area is 880 Å². The smallest absolute Gasteiger partial charge is 0.317 e. The lowest BCUT2D eigenvalue weighted by Gasteiger charge is -2.40. The summed E-state index contributed by atoms with van der Waals surface area (Å²) in [5.74, 6) is 0. The topological polar surface area (TPSA) is 393 Å². The Bertz CT molecular complexity index is 2330. The summed E-state index contributed by atoms with van der Waals surface area (Å²) in [4.78, 5) is 0. The SMILES string of the molecule is C.CCCCOCCO.CCCCOCCO.CO[SiH2]C.CO[SiH2]C.CO[SiH2]C.C[SiH2]O[Si@@](C)(CCO[SiH](C)C)O[Si](C)(C)O[SiH](C)C.C[SiH2]O[Si@@](C)(CCO[Si](C)(C)CCCOCCO)O[Si](C)(C)O[Si](C)(C)CCCOCCO.C[SiH2]O[Si@@](C)(CCO[Si](C)(C)CCCOCCO)O[Si](C)(C)O[Si](C)(C)CCCOCCO.C[SiH](CCCOCCO)O[Si](C)(C)O[Si](C)(C)CCCOCCO. The van der Waals surface area contributed by atoms with Crippen LogP contribution in [0.3, 0.4) is 0 Å². The number of aliphatic hydroxyl groups is 8. The van der Waals surface area contributed by atoms with Crippen molar-refractivity contribution < 1.29 is 151 Å². The van der Waals surface area contributed by atoms with Gasteiger partial charge in [0.05, 0.1) is 106 Å².